The van der Waals surface area contributed by atoms with Crippen molar-refractivity contribution in [3.63, 3.8) is 0 Å². The lowest BCUT2D eigenvalue weighted by molar-refractivity contribution is -0.115. The molecule has 2 heterocycles. The number of thiophene rings is 1. The van der Waals surface area contributed by atoms with E-state index in [1.54, 1.807) is 31.4 Å². The van der Waals surface area contributed by atoms with Gasteiger partial charge in [-0.2, -0.15) is 5.10 Å². The van der Waals surface area contributed by atoms with Crippen LogP contribution in [0.25, 0.3) is 10.2 Å². The number of carbonyl (C=O) groups is 2. The Morgan fingerprint density at radius 3 is 2.53 bits per heavy atom. The molecule has 7 nitrogen and oxygen atoms in total. The lowest BCUT2D eigenvalue weighted by atomic mass is 10.2. The quantitative estimate of drug-likeness (QED) is 0.432. The maximum absolute atomic E-state index is 13.0. The van der Waals surface area contributed by atoms with Gasteiger partial charge in [-0.3, -0.25) is 14.7 Å². The third-order valence-corrected chi connectivity index (χ3v) is 5.38. The normalized spacial score (nSPS) is 10.7. The van der Waals surface area contributed by atoms with Gasteiger partial charge in [0.15, 0.2) is 0 Å². The van der Waals surface area contributed by atoms with E-state index < -0.39 is 5.82 Å². The van der Waals surface area contributed by atoms with E-state index in [9.17, 15) is 14.0 Å². The smallest absolute Gasteiger partial charge is 0.256 e. The lowest BCUT2D eigenvalue weighted by Crippen LogP contribution is -2.13. The summed E-state index contributed by atoms with van der Waals surface area (Å²) in [6.45, 7) is 0. The Bertz CT molecular complexity index is 1200. The van der Waals surface area contributed by atoms with Crippen LogP contribution < -0.4 is 15.4 Å². The number of anilines is 2. The Balaban J connectivity index is 1.43. The number of aromatic amines is 1. The molecule has 0 spiro atoms. The van der Waals surface area contributed by atoms with Crippen molar-refractivity contribution in [1.29, 1.82) is 0 Å². The molecule has 0 saturated heterocycles. The first-order valence-electron chi connectivity index (χ1n) is 8.99. The van der Waals surface area contributed by atoms with Gasteiger partial charge >= 0.3 is 0 Å². The summed E-state index contributed by atoms with van der Waals surface area (Å²) in [5.74, 6) is 0.182. The number of fused-ring (bicyclic) bond motifs is 1. The molecule has 2 aromatic heterocycles. The van der Waals surface area contributed by atoms with E-state index in [-0.39, 0.29) is 18.2 Å². The van der Waals surface area contributed by atoms with E-state index in [0.717, 1.165) is 4.88 Å². The molecule has 2 aromatic carbocycles. The first kappa shape index (κ1) is 19.6. The van der Waals surface area contributed by atoms with Crippen molar-refractivity contribution < 1.29 is 18.7 Å². The summed E-state index contributed by atoms with van der Waals surface area (Å²) in [7, 11) is 1.58. The van der Waals surface area contributed by atoms with E-state index in [1.165, 1.54) is 35.6 Å². The number of hydrogen-bond acceptors (Lipinski definition) is 5. The molecule has 0 bridgehead atoms. The molecule has 0 saturated carbocycles. The molecule has 0 aliphatic carbocycles. The fraction of sp³-hybridized carbons (Fsp3) is 0.0952. The van der Waals surface area contributed by atoms with E-state index in [4.69, 9.17) is 4.74 Å². The number of amides is 2. The zero-order valence-corrected chi connectivity index (χ0v) is 16.7. The van der Waals surface area contributed by atoms with Crippen molar-refractivity contribution in [2.24, 2.45) is 0 Å². The number of methoxy groups -OCH3 is 1. The summed E-state index contributed by atoms with van der Waals surface area (Å²) in [6, 6.07) is 14.1. The van der Waals surface area contributed by atoms with Gasteiger partial charge in [0.2, 0.25) is 5.91 Å². The number of nitrogens with zero attached hydrogens (tertiary/aromatic N) is 1. The number of halogens is 1. The van der Waals surface area contributed by atoms with Crippen LogP contribution in [0, 0.1) is 5.82 Å². The molecule has 0 radical (unpaired) electrons. The van der Waals surface area contributed by atoms with Crippen molar-refractivity contribution in [2.75, 3.05) is 17.7 Å². The van der Waals surface area contributed by atoms with E-state index in [0.29, 0.717) is 33.0 Å². The fourth-order valence-electron chi connectivity index (χ4n) is 2.87. The molecular formula is C21H17FN4O3S. The average molecular weight is 424 g/mol. The van der Waals surface area contributed by atoms with Crippen LogP contribution in [0.2, 0.25) is 0 Å². The third kappa shape index (κ3) is 4.31. The minimum absolute atomic E-state index is 0.162. The predicted molar refractivity (Wildman–Crippen MR) is 114 cm³/mol. The Morgan fingerprint density at radius 1 is 1.10 bits per heavy atom. The molecule has 4 rings (SSSR count). The SMILES string of the molecule is COc1ccc(NC(=O)Cc2cc3c(NC(=O)c4ccc(F)cc4)[nH]nc3s2)cc1. The number of carbonyl (C=O) groups excluding carboxylic acids is 2. The summed E-state index contributed by atoms with van der Waals surface area (Å²) in [5.41, 5.74) is 1.00. The van der Waals surface area contributed by atoms with E-state index in [1.807, 2.05) is 6.07 Å². The lowest BCUT2D eigenvalue weighted by Gasteiger charge is -2.05. The fourth-order valence-corrected chi connectivity index (χ4v) is 3.86. The molecule has 9 heteroatoms. The summed E-state index contributed by atoms with van der Waals surface area (Å²) >= 11 is 1.36. The Kier molecular flexibility index (Phi) is 5.44. The molecule has 0 unspecified atom stereocenters. The molecule has 3 N–H and O–H groups in total. The Morgan fingerprint density at radius 2 is 1.83 bits per heavy atom. The largest absolute Gasteiger partial charge is 0.497 e. The first-order chi connectivity index (χ1) is 14.5. The number of H-pyrrole nitrogens is 1. The molecule has 2 amide bonds. The number of benzene rings is 2. The minimum Gasteiger partial charge on any atom is -0.497 e. The van der Waals surface area contributed by atoms with Gasteiger partial charge in [0, 0.05) is 16.1 Å². The molecule has 4 aromatic rings. The molecular weight excluding hydrogens is 407 g/mol. The molecule has 0 fully saturated rings. The van der Waals surface area contributed by atoms with Gasteiger partial charge in [-0.15, -0.1) is 11.3 Å². The highest BCUT2D eigenvalue weighted by atomic mass is 32.1. The summed E-state index contributed by atoms with van der Waals surface area (Å²) in [5, 5.41) is 13.2. The van der Waals surface area contributed by atoms with Crippen LogP contribution in [-0.2, 0) is 11.2 Å². The van der Waals surface area contributed by atoms with Crippen molar-refractivity contribution >= 4 is 44.9 Å². The zero-order chi connectivity index (χ0) is 21.1. The van der Waals surface area contributed by atoms with Crippen molar-refractivity contribution in [3.8, 4) is 5.75 Å². The number of rotatable bonds is 6. The van der Waals surface area contributed by atoms with Gasteiger partial charge in [0.05, 0.1) is 18.9 Å². The zero-order valence-electron chi connectivity index (χ0n) is 15.9. The second-order valence-corrected chi connectivity index (χ2v) is 7.56. The monoisotopic (exact) mass is 424 g/mol. The maximum Gasteiger partial charge on any atom is 0.256 e. The van der Waals surface area contributed by atoms with E-state index in [2.05, 4.69) is 20.8 Å². The van der Waals surface area contributed by atoms with Crippen LogP contribution in [0.4, 0.5) is 15.9 Å². The van der Waals surface area contributed by atoms with Crippen LogP contribution in [0.3, 0.4) is 0 Å². The number of aromatic nitrogens is 2. The second-order valence-electron chi connectivity index (χ2n) is 6.44. The number of ether oxygens (including phenoxy) is 1. The summed E-state index contributed by atoms with van der Waals surface area (Å²) < 4.78 is 18.1. The number of hydrogen-bond donors (Lipinski definition) is 3. The van der Waals surface area contributed by atoms with Gasteiger partial charge in [0.25, 0.3) is 5.91 Å². The second kappa shape index (κ2) is 8.34. The van der Waals surface area contributed by atoms with Gasteiger partial charge in [-0.25, -0.2) is 4.39 Å². The van der Waals surface area contributed by atoms with Crippen LogP contribution in [0.5, 0.6) is 5.75 Å². The van der Waals surface area contributed by atoms with Gasteiger partial charge in [0.1, 0.15) is 22.2 Å². The highest BCUT2D eigenvalue weighted by Crippen LogP contribution is 2.30. The van der Waals surface area contributed by atoms with Crippen LogP contribution in [0.1, 0.15) is 15.2 Å². The summed E-state index contributed by atoms with van der Waals surface area (Å²) in [6.07, 6.45) is 0.179. The van der Waals surface area contributed by atoms with Gasteiger partial charge in [-0.1, -0.05) is 0 Å². The van der Waals surface area contributed by atoms with Crippen LogP contribution >= 0.6 is 11.3 Å². The third-order valence-electron chi connectivity index (χ3n) is 4.36. The molecule has 0 atom stereocenters. The van der Waals surface area contributed by atoms with Crippen LogP contribution in [0.15, 0.2) is 54.6 Å². The molecule has 152 valence electrons. The maximum atomic E-state index is 13.0. The Labute approximate surface area is 174 Å². The Hall–Kier alpha value is -3.72. The highest BCUT2D eigenvalue weighted by Gasteiger charge is 2.15. The highest BCUT2D eigenvalue weighted by molar-refractivity contribution is 7.18. The van der Waals surface area contributed by atoms with Gasteiger partial charge in [-0.05, 0) is 54.6 Å². The van der Waals surface area contributed by atoms with E-state index >= 15 is 0 Å². The van der Waals surface area contributed by atoms with Crippen LogP contribution in [-0.4, -0.2) is 29.1 Å². The molecule has 0 aliphatic heterocycles. The molecule has 0 aliphatic rings. The minimum atomic E-state index is -0.411. The van der Waals surface area contributed by atoms with Crippen molar-refractivity contribution in [1.82, 2.24) is 10.2 Å². The average Bonchev–Trinajstić information content (AvgIpc) is 3.30. The summed E-state index contributed by atoms with van der Waals surface area (Å²) in [4.78, 5) is 26.2. The van der Waals surface area contributed by atoms with Gasteiger partial charge < -0.3 is 15.4 Å². The standard InChI is InChI=1S/C21H17FN4O3S/c1-29-15-8-6-14(7-9-15)23-18(27)11-16-10-17-19(25-26-21(17)30-16)24-20(28)12-2-4-13(22)5-3-12/h2-10H,11H2,1H3,(H,23,27)(H2,24,25,26,28). The predicted octanol–water partition coefficient (Wildman–Crippen LogP) is 4.21. The van der Waals surface area contributed by atoms with Crippen molar-refractivity contribution in [2.45, 2.75) is 6.42 Å². The van der Waals surface area contributed by atoms with Crippen molar-refractivity contribution in [3.05, 3.63) is 70.9 Å². The topological polar surface area (TPSA) is 96.1 Å². The number of nitrogens with one attached hydrogen (secondary N) is 3. The first-order valence-corrected chi connectivity index (χ1v) is 9.81. The molecule has 30 heavy (non-hydrogen) atoms.